The molecule has 0 spiro atoms. The van der Waals surface area contributed by atoms with Crippen LogP contribution in [0.1, 0.15) is 50.3 Å². The number of carbonyl (C=O) groups is 1. The molecule has 8 heteroatoms. The Morgan fingerprint density at radius 3 is 2.32 bits per heavy atom. The summed E-state index contributed by atoms with van der Waals surface area (Å²) in [6, 6.07) is 15.4. The monoisotopic (exact) mass is 438 g/mol. The molecule has 162 valence electrons. The van der Waals surface area contributed by atoms with Crippen LogP contribution in [0.5, 0.6) is 0 Å². The van der Waals surface area contributed by atoms with Crippen molar-refractivity contribution in [2.75, 3.05) is 7.05 Å². The van der Waals surface area contributed by atoms with Gasteiger partial charge in [0.1, 0.15) is 5.54 Å². The van der Waals surface area contributed by atoms with Crippen LogP contribution >= 0.6 is 0 Å². The number of sulfone groups is 1. The van der Waals surface area contributed by atoms with Crippen molar-refractivity contribution in [3.05, 3.63) is 65.2 Å². The average molecular weight is 439 g/mol. The summed E-state index contributed by atoms with van der Waals surface area (Å²) in [5, 5.41) is 9.30. The van der Waals surface area contributed by atoms with Gasteiger partial charge in [-0.2, -0.15) is 5.26 Å². The van der Waals surface area contributed by atoms with Crippen LogP contribution in [0.25, 0.3) is 0 Å². The third-order valence-electron chi connectivity index (χ3n) is 5.74. The molecule has 7 nitrogen and oxygen atoms in total. The van der Waals surface area contributed by atoms with Gasteiger partial charge < -0.3 is 5.73 Å². The second-order valence-electron chi connectivity index (χ2n) is 8.83. The van der Waals surface area contributed by atoms with E-state index < -0.39 is 26.0 Å². The second kappa shape index (κ2) is 7.50. The number of hydrogen-bond acceptors (Lipinski definition) is 6. The molecule has 2 aromatic carbocycles. The zero-order valence-corrected chi connectivity index (χ0v) is 19.1. The fourth-order valence-electron chi connectivity index (χ4n) is 3.72. The Balaban J connectivity index is 2.17. The average Bonchev–Trinajstić information content (AvgIpc) is 2.72. The molecule has 0 saturated carbocycles. The van der Waals surface area contributed by atoms with E-state index in [4.69, 9.17) is 5.73 Å². The minimum atomic E-state index is -3.53. The molecule has 2 aromatic rings. The molecular weight excluding hydrogens is 412 g/mol. The van der Waals surface area contributed by atoms with Crippen molar-refractivity contribution >= 4 is 21.7 Å². The van der Waals surface area contributed by atoms with E-state index in [1.165, 1.54) is 17.0 Å². The van der Waals surface area contributed by atoms with Gasteiger partial charge in [-0.1, -0.05) is 24.3 Å². The molecule has 0 radical (unpaired) electrons. The van der Waals surface area contributed by atoms with Crippen LogP contribution in [0, 0.1) is 11.3 Å². The highest BCUT2D eigenvalue weighted by atomic mass is 32.2. The predicted octanol–water partition coefficient (Wildman–Crippen LogP) is 2.92. The minimum absolute atomic E-state index is 0.0815. The Labute approximate surface area is 183 Å². The molecule has 31 heavy (non-hydrogen) atoms. The van der Waals surface area contributed by atoms with Crippen LogP contribution in [-0.2, 0) is 20.2 Å². The van der Waals surface area contributed by atoms with Crippen LogP contribution in [0.3, 0.4) is 0 Å². The fourth-order valence-corrected chi connectivity index (χ4v) is 4.92. The Morgan fingerprint density at radius 1 is 1.16 bits per heavy atom. The van der Waals surface area contributed by atoms with Crippen molar-refractivity contribution in [3.8, 4) is 6.07 Å². The third kappa shape index (κ3) is 3.70. The molecule has 0 bridgehead atoms. The summed E-state index contributed by atoms with van der Waals surface area (Å²) < 4.78 is 24.6. The topological polar surface area (TPSA) is 117 Å². The third-order valence-corrected chi connectivity index (χ3v) is 8.24. The Hall–Kier alpha value is -3.18. The number of amides is 1. The molecular formula is C23H26N4O3S. The van der Waals surface area contributed by atoms with E-state index in [-0.39, 0.29) is 16.8 Å². The van der Waals surface area contributed by atoms with E-state index in [0.717, 1.165) is 0 Å². The van der Waals surface area contributed by atoms with Crippen LogP contribution < -0.4 is 5.73 Å². The number of nitrogens with two attached hydrogens (primary N) is 1. The van der Waals surface area contributed by atoms with Gasteiger partial charge in [0, 0.05) is 7.05 Å². The van der Waals surface area contributed by atoms with Gasteiger partial charge in [-0.3, -0.25) is 9.69 Å². The molecule has 0 saturated heterocycles. The maximum absolute atomic E-state index is 13.3. The number of rotatable bonds is 3. The van der Waals surface area contributed by atoms with E-state index in [0.29, 0.717) is 16.7 Å². The first-order chi connectivity index (χ1) is 14.3. The van der Waals surface area contributed by atoms with Crippen LogP contribution in [-0.4, -0.2) is 37.0 Å². The van der Waals surface area contributed by atoms with Gasteiger partial charge in [0.25, 0.3) is 0 Å². The van der Waals surface area contributed by atoms with Gasteiger partial charge in [-0.15, -0.1) is 0 Å². The molecule has 2 atom stereocenters. The fraction of sp³-hybridized carbons (Fsp3) is 0.348. The molecule has 1 amide bonds. The SMILES string of the molecule is CN1C(=O)[C@@H](c2ccc(S(=O)(=O)C(C)(C)C)cc2)[C@@](C)(c2cccc(C#N)c2)N=C1N. The van der Waals surface area contributed by atoms with Gasteiger partial charge >= 0.3 is 0 Å². The Kier molecular flexibility index (Phi) is 5.45. The molecule has 2 N–H and O–H groups in total. The number of hydrogen-bond donors (Lipinski definition) is 1. The first kappa shape index (κ1) is 22.5. The quantitative estimate of drug-likeness (QED) is 0.791. The summed E-state index contributed by atoms with van der Waals surface area (Å²) >= 11 is 0. The molecule has 1 aliphatic rings. The maximum Gasteiger partial charge on any atom is 0.239 e. The largest absolute Gasteiger partial charge is 0.369 e. The van der Waals surface area contributed by atoms with E-state index in [9.17, 15) is 18.5 Å². The van der Waals surface area contributed by atoms with Crippen molar-refractivity contribution in [2.45, 2.75) is 48.8 Å². The first-order valence-corrected chi connectivity index (χ1v) is 11.3. The van der Waals surface area contributed by atoms with Crippen molar-refractivity contribution in [3.63, 3.8) is 0 Å². The molecule has 0 aromatic heterocycles. The van der Waals surface area contributed by atoms with Gasteiger partial charge in [-0.25, -0.2) is 13.4 Å². The molecule has 3 rings (SSSR count). The van der Waals surface area contributed by atoms with Gasteiger partial charge in [-0.05, 0) is 63.1 Å². The van der Waals surface area contributed by atoms with Gasteiger partial charge in [0.15, 0.2) is 15.8 Å². The zero-order chi connectivity index (χ0) is 23.2. The van der Waals surface area contributed by atoms with E-state index in [1.54, 1.807) is 65.1 Å². The van der Waals surface area contributed by atoms with Crippen molar-refractivity contribution in [2.24, 2.45) is 10.7 Å². The summed E-state index contributed by atoms with van der Waals surface area (Å²) in [4.78, 5) is 19.4. The van der Waals surface area contributed by atoms with Gasteiger partial charge in [0.2, 0.25) is 5.91 Å². The molecule has 1 aliphatic heterocycles. The maximum atomic E-state index is 13.3. The highest BCUT2D eigenvalue weighted by Gasteiger charge is 2.47. The lowest BCUT2D eigenvalue weighted by molar-refractivity contribution is -0.130. The summed E-state index contributed by atoms with van der Waals surface area (Å²) in [5.74, 6) is -0.924. The first-order valence-electron chi connectivity index (χ1n) is 9.81. The number of guanidine groups is 1. The van der Waals surface area contributed by atoms with E-state index >= 15 is 0 Å². The lowest BCUT2D eigenvalue weighted by Gasteiger charge is -2.41. The smallest absolute Gasteiger partial charge is 0.239 e. The number of aliphatic imine (C=N–C) groups is 1. The van der Waals surface area contributed by atoms with E-state index in [1.807, 2.05) is 6.07 Å². The summed E-state index contributed by atoms with van der Waals surface area (Å²) in [5.41, 5.74) is 6.71. The number of nitriles is 1. The van der Waals surface area contributed by atoms with Crippen LogP contribution in [0.4, 0.5) is 0 Å². The Morgan fingerprint density at radius 2 is 1.77 bits per heavy atom. The highest BCUT2D eigenvalue weighted by Crippen LogP contribution is 2.44. The molecule has 1 heterocycles. The van der Waals surface area contributed by atoms with Gasteiger partial charge in [0.05, 0.1) is 27.2 Å². The minimum Gasteiger partial charge on any atom is -0.369 e. The summed E-state index contributed by atoms with van der Waals surface area (Å²) in [6.07, 6.45) is 0. The highest BCUT2D eigenvalue weighted by molar-refractivity contribution is 7.92. The lowest BCUT2D eigenvalue weighted by Crippen LogP contribution is -2.52. The normalized spacial score (nSPS) is 22.1. The second-order valence-corrected chi connectivity index (χ2v) is 11.5. The lowest BCUT2D eigenvalue weighted by atomic mass is 9.74. The van der Waals surface area contributed by atoms with E-state index in [2.05, 4.69) is 11.1 Å². The number of carbonyl (C=O) groups excluding carboxylic acids is 1. The molecule has 0 fully saturated rings. The van der Waals surface area contributed by atoms with Crippen LogP contribution in [0.15, 0.2) is 58.4 Å². The molecule has 0 aliphatic carbocycles. The summed E-state index contributed by atoms with van der Waals surface area (Å²) in [6.45, 7) is 6.73. The van der Waals surface area contributed by atoms with Crippen LogP contribution in [0.2, 0.25) is 0 Å². The number of likely N-dealkylation sites (N-methyl/N-ethyl adjacent to an activating group) is 1. The van der Waals surface area contributed by atoms with Crippen molar-refractivity contribution in [1.29, 1.82) is 5.26 Å². The van der Waals surface area contributed by atoms with Crippen molar-refractivity contribution in [1.82, 2.24) is 4.90 Å². The predicted molar refractivity (Wildman–Crippen MR) is 119 cm³/mol. The summed E-state index contributed by atoms with van der Waals surface area (Å²) in [7, 11) is -1.97. The number of benzene rings is 2. The Bertz CT molecular complexity index is 1200. The zero-order valence-electron chi connectivity index (χ0n) is 18.2. The molecule has 0 unspecified atom stereocenters. The van der Waals surface area contributed by atoms with Crippen molar-refractivity contribution < 1.29 is 13.2 Å². The number of nitrogens with zero attached hydrogens (tertiary/aromatic N) is 3. The standard InChI is InChI=1S/C23H26N4O3S/c1-22(2,3)31(29,30)18-11-9-16(10-12-18)19-20(28)27(5)21(25)26-23(19,4)17-8-6-7-15(13-17)14-24/h6-13,19H,1-5H3,(H2,25,26)/t19-,23-/m1/s1.